The highest BCUT2D eigenvalue weighted by Gasteiger charge is 2.08. The predicted molar refractivity (Wildman–Crippen MR) is 79.1 cm³/mol. The Morgan fingerprint density at radius 1 is 0.895 bits per heavy atom. The Kier molecular flexibility index (Phi) is 4.13. The summed E-state index contributed by atoms with van der Waals surface area (Å²) in [5.41, 5.74) is 2.93. The SMILES string of the molecule is C=C(c1ccc(Cl)cc1)c1ccc(OC)c(OC)c1. The minimum absolute atomic E-state index is 0.690. The predicted octanol–water partition coefficient (Wildman–Crippen LogP) is 4.42. The molecule has 0 aliphatic rings. The van der Waals surface area contributed by atoms with Crippen LogP contribution in [0.15, 0.2) is 49.0 Å². The number of hydrogen-bond donors (Lipinski definition) is 0. The fourth-order valence-electron chi connectivity index (χ4n) is 1.84. The summed E-state index contributed by atoms with van der Waals surface area (Å²) in [6.07, 6.45) is 0. The molecule has 0 unspecified atom stereocenters. The first kappa shape index (κ1) is 13.5. The van der Waals surface area contributed by atoms with E-state index in [4.69, 9.17) is 21.1 Å². The van der Waals surface area contributed by atoms with E-state index in [0.717, 1.165) is 16.7 Å². The Bertz CT molecular complexity index is 588. The van der Waals surface area contributed by atoms with E-state index in [1.807, 2.05) is 42.5 Å². The van der Waals surface area contributed by atoms with Gasteiger partial charge in [0.2, 0.25) is 0 Å². The summed E-state index contributed by atoms with van der Waals surface area (Å²) >= 11 is 5.88. The normalized spacial score (nSPS) is 10.1. The lowest BCUT2D eigenvalue weighted by atomic mass is 9.99. The molecule has 0 aliphatic carbocycles. The molecule has 0 heterocycles. The third-order valence-electron chi connectivity index (χ3n) is 2.92. The maximum Gasteiger partial charge on any atom is 0.161 e. The number of halogens is 1. The van der Waals surface area contributed by atoms with Gasteiger partial charge in [-0.1, -0.05) is 36.4 Å². The number of ether oxygens (including phenoxy) is 2. The van der Waals surface area contributed by atoms with Gasteiger partial charge in [-0.15, -0.1) is 0 Å². The van der Waals surface area contributed by atoms with Gasteiger partial charge in [-0.2, -0.15) is 0 Å². The van der Waals surface area contributed by atoms with Crippen molar-refractivity contribution in [3.05, 3.63) is 65.2 Å². The van der Waals surface area contributed by atoms with E-state index in [1.54, 1.807) is 14.2 Å². The van der Waals surface area contributed by atoms with E-state index < -0.39 is 0 Å². The second kappa shape index (κ2) is 5.81. The maximum absolute atomic E-state index is 5.88. The van der Waals surface area contributed by atoms with Crippen LogP contribution >= 0.6 is 11.6 Å². The molecule has 0 N–H and O–H groups in total. The zero-order chi connectivity index (χ0) is 13.8. The van der Waals surface area contributed by atoms with Crippen LogP contribution in [-0.2, 0) is 0 Å². The molecular weight excluding hydrogens is 260 g/mol. The molecule has 0 amide bonds. The third-order valence-corrected chi connectivity index (χ3v) is 3.18. The fourth-order valence-corrected chi connectivity index (χ4v) is 1.97. The molecule has 0 radical (unpaired) electrons. The van der Waals surface area contributed by atoms with E-state index in [9.17, 15) is 0 Å². The number of hydrogen-bond acceptors (Lipinski definition) is 2. The zero-order valence-electron chi connectivity index (χ0n) is 10.9. The lowest BCUT2D eigenvalue weighted by Crippen LogP contribution is -1.93. The molecule has 98 valence electrons. The van der Waals surface area contributed by atoms with Crippen LogP contribution in [0.3, 0.4) is 0 Å². The molecular formula is C16H15ClO2. The Morgan fingerprint density at radius 3 is 2.05 bits per heavy atom. The summed E-state index contributed by atoms with van der Waals surface area (Å²) in [4.78, 5) is 0. The molecule has 0 fully saturated rings. The largest absolute Gasteiger partial charge is 0.493 e. The van der Waals surface area contributed by atoms with Crippen LogP contribution in [-0.4, -0.2) is 14.2 Å². The lowest BCUT2D eigenvalue weighted by molar-refractivity contribution is 0.355. The molecule has 3 heteroatoms. The quantitative estimate of drug-likeness (QED) is 0.822. The molecule has 2 aromatic rings. The molecule has 2 rings (SSSR count). The summed E-state index contributed by atoms with van der Waals surface area (Å²) < 4.78 is 10.5. The van der Waals surface area contributed by atoms with Gasteiger partial charge in [-0.05, 0) is 41.0 Å². The standard InChI is InChI=1S/C16H15ClO2/c1-11(12-4-7-14(17)8-5-12)13-6-9-15(18-2)16(10-13)19-3/h4-10H,1H2,2-3H3. The Morgan fingerprint density at radius 2 is 1.47 bits per heavy atom. The van der Waals surface area contributed by atoms with Crippen molar-refractivity contribution in [2.45, 2.75) is 0 Å². The molecule has 0 saturated carbocycles. The van der Waals surface area contributed by atoms with Crippen molar-refractivity contribution in [2.75, 3.05) is 14.2 Å². The first-order chi connectivity index (χ1) is 9.15. The number of rotatable bonds is 4. The molecule has 0 bridgehead atoms. The van der Waals surface area contributed by atoms with Crippen LogP contribution in [0.5, 0.6) is 11.5 Å². The maximum atomic E-state index is 5.88. The average Bonchev–Trinajstić information content (AvgIpc) is 2.46. The van der Waals surface area contributed by atoms with Crippen LogP contribution < -0.4 is 9.47 Å². The Hall–Kier alpha value is -1.93. The monoisotopic (exact) mass is 274 g/mol. The van der Waals surface area contributed by atoms with E-state index in [-0.39, 0.29) is 0 Å². The lowest BCUT2D eigenvalue weighted by Gasteiger charge is -2.11. The molecule has 0 saturated heterocycles. The van der Waals surface area contributed by atoms with Crippen LogP contribution in [0.1, 0.15) is 11.1 Å². The minimum Gasteiger partial charge on any atom is -0.493 e. The van der Waals surface area contributed by atoms with Gasteiger partial charge >= 0.3 is 0 Å². The fraction of sp³-hybridized carbons (Fsp3) is 0.125. The van der Waals surface area contributed by atoms with Gasteiger partial charge in [0.05, 0.1) is 14.2 Å². The smallest absolute Gasteiger partial charge is 0.161 e. The van der Waals surface area contributed by atoms with Crippen molar-refractivity contribution in [1.29, 1.82) is 0 Å². The highest BCUT2D eigenvalue weighted by Crippen LogP contribution is 2.32. The number of benzene rings is 2. The Balaban J connectivity index is 2.36. The van der Waals surface area contributed by atoms with Gasteiger partial charge in [0, 0.05) is 5.02 Å². The summed E-state index contributed by atoms with van der Waals surface area (Å²) in [6, 6.07) is 13.3. The van der Waals surface area contributed by atoms with Gasteiger partial charge in [0.1, 0.15) is 0 Å². The van der Waals surface area contributed by atoms with Gasteiger partial charge in [0.25, 0.3) is 0 Å². The van der Waals surface area contributed by atoms with Crippen LogP contribution in [0.25, 0.3) is 5.57 Å². The van der Waals surface area contributed by atoms with E-state index in [1.165, 1.54) is 0 Å². The van der Waals surface area contributed by atoms with Crippen LogP contribution in [0, 0.1) is 0 Å². The minimum atomic E-state index is 0.690. The van der Waals surface area contributed by atoms with Gasteiger partial charge in [0.15, 0.2) is 11.5 Å². The first-order valence-electron chi connectivity index (χ1n) is 5.83. The highest BCUT2D eigenvalue weighted by atomic mass is 35.5. The van der Waals surface area contributed by atoms with Crippen LogP contribution in [0.4, 0.5) is 0 Å². The second-order valence-electron chi connectivity index (χ2n) is 4.06. The highest BCUT2D eigenvalue weighted by molar-refractivity contribution is 6.30. The summed E-state index contributed by atoms with van der Waals surface area (Å²) in [7, 11) is 3.23. The van der Waals surface area contributed by atoms with E-state index in [2.05, 4.69) is 6.58 Å². The van der Waals surface area contributed by atoms with Crippen molar-refractivity contribution in [3.63, 3.8) is 0 Å². The molecule has 0 aliphatic heterocycles. The van der Waals surface area contributed by atoms with Crippen molar-refractivity contribution in [3.8, 4) is 11.5 Å². The van der Waals surface area contributed by atoms with E-state index in [0.29, 0.717) is 16.5 Å². The van der Waals surface area contributed by atoms with Gasteiger partial charge in [-0.3, -0.25) is 0 Å². The molecule has 19 heavy (non-hydrogen) atoms. The summed E-state index contributed by atoms with van der Waals surface area (Å²) in [5.74, 6) is 1.39. The molecule has 0 atom stereocenters. The summed E-state index contributed by atoms with van der Waals surface area (Å²) in [6.45, 7) is 4.12. The topological polar surface area (TPSA) is 18.5 Å². The van der Waals surface area contributed by atoms with Crippen molar-refractivity contribution in [2.24, 2.45) is 0 Å². The molecule has 2 nitrogen and oxygen atoms in total. The molecule has 2 aromatic carbocycles. The van der Waals surface area contributed by atoms with Crippen molar-refractivity contribution < 1.29 is 9.47 Å². The summed E-state index contributed by atoms with van der Waals surface area (Å²) in [5, 5.41) is 0.712. The third kappa shape index (κ3) is 2.91. The van der Waals surface area contributed by atoms with E-state index >= 15 is 0 Å². The first-order valence-corrected chi connectivity index (χ1v) is 6.20. The van der Waals surface area contributed by atoms with Crippen molar-refractivity contribution >= 4 is 17.2 Å². The molecule has 0 aromatic heterocycles. The van der Waals surface area contributed by atoms with Gasteiger partial charge < -0.3 is 9.47 Å². The van der Waals surface area contributed by atoms with Gasteiger partial charge in [-0.25, -0.2) is 0 Å². The Labute approximate surface area is 118 Å². The number of methoxy groups -OCH3 is 2. The van der Waals surface area contributed by atoms with Crippen molar-refractivity contribution in [1.82, 2.24) is 0 Å². The zero-order valence-corrected chi connectivity index (χ0v) is 11.7. The molecule has 0 spiro atoms. The second-order valence-corrected chi connectivity index (χ2v) is 4.49. The average molecular weight is 275 g/mol. The van der Waals surface area contributed by atoms with Crippen LogP contribution in [0.2, 0.25) is 5.02 Å².